The molecule has 1 aromatic heterocycles. The molecule has 1 amide bonds. The lowest BCUT2D eigenvalue weighted by Gasteiger charge is -2.32. The minimum Gasteiger partial charge on any atom is -0.453 e. The van der Waals surface area contributed by atoms with Crippen LogP contribution in [0.3, 0.4) is 0 Å². The second-order valence-corrected chi connectivity index (χ2v) is 11.1. The molecule has 1 aliphatic carbocycles. The van der Waals surface area contributed by atoms with E-state index in [1.807, 2.05) is 6.20 Å². The van der Waals surface area contributed by atoms with Crippen molar-refractivity contribution in [2.75, 3.05) is 13.7 Å². The van der Waals surface area contributed by atoms with Crippen molar-refractivity contribution in [3.05, 3.63) is 36.3 Å². The average Bonchev–Trinajstić information content (AvgIpc) is 3.34. The molecule has 1 aromatic carbocycles. The van der Waals surface area contributed by atoms with Crippen molar-refractivity contribution in [3.63, 3.8) is 0 Å². The van der Waals surface area contributed by atoms with Gasteiger partial charge in [-0.25, -0.2) is 9.78 Å². The van der Waals surface area contributed by atoms with E-state index in [-0.39, 0.29) is 36.0 Å². The molecule has 3 N–H and O–H groups in total. The van der Waals surface area contributed by atoms with Crippen molar-refractivity contribution >= 4 is 18.7 Å². The number of nitrogens with one attached hydrogen (secondary N) is 3. The number of aromatic nitrogens is 2. The van der Waals surface area contributed by atoms with Gasteiger partial charge in [-0.05, 0) is 70.4 Å². The minimum atomic E-state index is -0.384. The summed E-state index contributed by atoms with van der Waals surface area (Å²) in [6, 6.07) is 8.33. The van der Waals surface area contributed by atoms with Gasteiger partial charge < -0.3 is 29.7 Å². The van der Waals surface area contributed by atoms with E-state index in [1.165, 1.54) is 7.11 Å². The molecule has 2 aromatic rings. The molecule has 190 valence electrons. The Kier molecular flexibility index (Phi) is 7.06. The molecule has 35 heavy (non-hydrogen) atoms. The van der Waals surface area contributed by atoms with E-state index < -0.39 is 0 Å². The zero-order valence-electron chi connectivity index (χ0n) is 22.0. The number of amides is 1. The van der Waals surface area contributed by atoms with Gasteiger partial charge in [0.25, 0.3) is 0 Å². The molecular formula is C26H39BN4O4. The second kappa shape index (κ2) is 9.60. The lowest BCUT2D eigenvalue weighted by Crippen LogP contribution is -2.42. The zero-order valence-corrected chi connectivity index (χ0v) is 22.0. The van der Waals surface area contributed by atoms with Crippen molar-refractivity contribution in [3.8, 4) is 11.3 Å². The molecule has 8 nitrogen and oxygen atoms in total. The molecule has 0 bridgehead atoms. The third-order valence-corrected chi connectivity index (χ3v) is 7.74. The van der Waals surface area contributed by atoms with Crippen LogP contribution in [0.4, 0.5) is 4.79 Å². The van der Waals surface area contributed by atoms with Crippen LogP contribution in [0.1, 0.15) is 66.6 Å². The van der Waals surface area contributed by atoms with Crippen LogP contribution in [0.2, 0.25) is 0 Å². The Morgan fingerprint density at radius 2 is 1.77 bits per heavy atom. The van der Waals surface area contributed by atoms with Gasteiger partial charge in [0.05, 0.1) is 35.7 Å². The SMILES string of the molecule is COC(=O)NC(CCNC1(c2ncc(-c3ccc(B4OC(C)(C)C(C)(C)O4)cc3)[nH]2)CC1)C(C)C. The number of aromatic amines is 1. The lowest BCUT2D eigenvalue weighted by atomic mass is 9.79. The summed E-state index contributed by atoms with van der Waals surface area (Å²) in [5, 5.41) is 6.60. The number of benzene rings is 1. The molecule has 0 radical (unpaired) electrons. The van der Waals surface area contributed by atoms with E-state index in [4.69, 9.17) is 19.0 Å². The predicted octanol–water partition coefficient (Wildman–Crippen LogP) is 3.73. The highest BCUT2D eigenvalue weighted by molar-refractivity contribution is 6.62. The first kappa shape index (κ1) is 25.7. The number of hydrogen-bond donors (Lipinski definition) is 3. The lowest BCUT2D eigenvalue weighted by molar-refractivity contribution is 0.00578. The molecular weight excluding hydrogens is 443 g/mol. The molecule has 2 aliphatic rings. The molecule has 2 heterocycles. The van der Waals surface area contributed by atoms with Crippen LogP contribution in [0.5, 0.6) is 0 Å². The highest BCUT2D eigenvalue weighted by Gasteiger charge is 2.51. The van der Waals surface area contributed by atoms with E-state index in [0.29, 0.717) is 5.92 Å². The topological polar surface area (TPSA) is 97.5 Å². The van der Waals surface area contributed by atoms with Gasteiger partial charge in [0.2, 0.25) is 0 Å². The van der Waals surface area contributed by atoms with E-state index in [1.54, 1.807) is 0 Å². The van der Waals surface area contributed by atoms with Crippen molar-refractivity contribution in [1.29, 1.82) is 0 Å². The van der Waals surface area contributed by atoms with Gasteiger partial charge >= 0.3 is 13.2 Å². The first-order valence-electron chi connectivity index (χ1n) is 12.6. The number of imidazole rings is 1. The number of alkyl carbamates (subject to hydrolysis) is 1. The monoisotopic (exact) mass is 482 g/mol. The highest BCUT2D eigenvalue weighted by Crippen LogP contribution is 2.44. The minimum absolute atomic E-state index is 0.0559. The molecule has 4 rings (SSSR count). The smallest absolute Gasteiger partial charge is 0.453 e. The number of hydrogen-bond acceptors (Lipinski definition) is 6. The van der Waals surface area contributed by atoms with Gasteiger partial charge in [0.1, 0.15) is 5.82 Å². The maximum atomic E-state index is 11.6. The number of nitrogens with zero attached hydrogens (tertiary/aromatic N) is 1. The second-order valence-electron chi connectivity index (χ2n) is 11.1. The molecule has 9 heteroatoms. The maximum Gasteiger partial charge on any atom is 0.494 e. The van der Waals surface area contributed by atoms with Crippen molar-refractivity contribution in [2.24, 2.45) is 5.92 Å². The van der Waals surface area contributed by atoms with Crippen LogP contribution in [-0.2, 0) is 19.6 Å². The zero-order chi connectivity index (χ0) is 25.4. The fourth-order valence-electron chi connectivity index (χ4n) is 4.38. The van der Waals surface area contributed by atoms with Crippen LogP contribution in [0, 0.1) is 5.92 Å². The average molecular weight is 482 g/mol. The Morgan fingerprint density at radius 1 is 1.14 bits per heavy atom. The van der Waals surface area contributed by atoms with Crippen LogP contribution >= 0.6 is 0 Å². The molecule has 1 saturated carbocycles. The summed E-state index contributed by atoms with van der Waals surface area (Å²) in [6.07, 6.45) is 4.42. The highest BCUT2D eigenvalue weighted by atomic mass is 16.7. The fourth-order valence-corrected chi connectivity index (χ4v) is 4.38. The maximum absolute atomic E-state index is 11.6. The van der Waals surface area contributed by atoms with Crippen LogP contribution in [-0.4, -0.2) is 54.1 Å². The van der Waals surface area contributed by atoms with Crippen LogP contribution < -0.4 is 16.1 Å². The van der Waals surface area contributed by atoms with Gasteiger partial charge in [-0.2, -0.15) is 0 Å². The van der Waals surface area contributed by atoms with Gasteiger partial charge in [0, 0.05) is 6.04 Å². The Labute approximate surface area is 209 Å². The van der Waals surface area contributed by atoms with Gasteiger partial charge in [0.15, 0.2) is 0 Å². The van der Waals surface area contributed by atoms with Crippen LogP contribution in [0.25, 0.3) is 11.3 Å². The van der Waals surface area contributed by atoms with E-state index in [2.05, 4.69) is 81.4 Å². The molecule has 2 fully saturated rings. The standard InChI is InChI=1S/C26H39BN4O4/c1-17(2)20(31-23(32)33-7)12-15-29-26(13-14-26)22-28-16-21(30-22)18-8-10-19(11-9-18)27-34-24(3,4)25(5,6)35-27/h8-11,16-17,20,29H,12-15H2,1-7H3,(H,28,30)(H,31,32). The van der Waals surface area contributed by atoms with Crippen molar-refractivity contribution < 1.29 is 18.8 Å². The third kappa shape index (κ3) is 5.42. The first-order chi connectivity index (χ1) is 16.5. The van der Waals surface area contributed by atoms with E-state index in [0.717, 1.165) is 48.4 Å². The normalized spacial score (nSPS) is 20.6. The number of carbonyl (C=O) groups is 1. The number of carbonyl (C=O) groups excluding carboxylic acids is 1. The van der Waals surface area contributed by atoms with Crippen molar-refractivity contribution in [2.45, 2.75) is 83.6 Å². The summed E-state index contributed by atoms with van der Waals surface area (Å²) in [7, 11) is 1.03. The Balaban J connectivity index is 1.37. The largest absolute Gasteiger partial charge is 0.494 e. The van der Waals surface area contributed by atoms with Gasteiger partial charge in [-0.15, -0.1) is 0 Å². The van der Waals surface area contributed by atoms with Crippen LogP contribution in [0.15, 0.2) is 30.5 Å². The fraction of sp³-hybridized carbons (Fsp3) is 0.615. The number of ether oxygens (including phenoxy) is 1. The Morgan fingerprint density at radius 3 is 2.31 bits per heavy atom. The summed E-state index contributed by atoms with van der Waals surface area (Å²) in [5.41, 5.74) is 2.24. The summed E-state index contributed by atoms with van der Waals surface area (Å²) in [6.45, 7) is 13.2. The summed E-state index contributed by atoms with van der Waals surface area (Å²) in [5.74, 6) is 1.28. The Hall–Kier alpha value is -2.36. The third-order valence-electron chi connectivity index (χ3n) is 7.74. The number of methoxy groups -OCH3 is 1. The van der Waals surface area contributed by atoms with Crippen molar-refractivity contribution in [1.82, 2.24) is 20.6 Å². The molecule has 1 aliphatic heterocycles. The summed E-state index contributed by atoms with van der Waals surface area (Å²) < 4.78 is 17.1. The van der Waals surface area contributed by atoms with E-state index in [9.17, 15) is 4.79 Å². The number of rotatable bonds is 9. The molecule has 1 atom stereocenters. The molecule has 1 saturated heterocycles. The number of H-pyrrole nitrogens is 1. The van der Waals surface area contributed by atoms with Gasteiger partial charge in [-0.3, -0.25) is 0 Å². The first-order valence-corrected chi connectivity index (χ1v) is 12.6. The molecule has 0 spiro atoms. The van der Waals surface area contributed by atoms with E-state index >= 15 is 0 Å². The van der Waals surface area contributed by atoms with Gasteiger partial charge in [-0.1, -0.05) is 38.1 Å². The summed E-state index contributed by atoms with van der Waals surface area (Å²) >= 11 is 0. The quantitative estimate of drug-likeness (QED) is 0.472. The summed E-state index contributed by atoms with van der Waals surface area (Å²) in [4.78, 5) is 19.9. The Bertz CT molecular complexity index is 1010. The molecule has 1 unspecified atom stereocenters. The predicted molar refractivity (Wildman–Crippen MR) is 137 cm³/mol.